The van der Waals surface area contributed by atoms with Gasteiger partial charge in [-0.25, -0.2) is 4.79 Å². The van der Waals surface area contributed by atoms with Gasteiger partial charge in [0.15, 0.2) is 0 Å². The lowest BCUT2D eigenvalue weighted by Crippen LogP contribution is -2.63. The number of carbonyl (C=O) groups excluding carboxylic acids is 1. The van der Waals surface area contributed by atoms with E-state index in [4.69, 9.17) is 0 Å². The number of rotatable bonds is 4. The molecule has 24 heavy (non-hydrogen) atoms. The van der Waals surface area contributed by atoms with Crippen molar-refractivity contribution in [3.63, 3.8) is 0 Å². The van der Waals surface area contributed by atoms with Crippen molar-refractivity contribution in [2.24, 2.45) is 0 Å². The Morgan fingerprint density at radius 3 is 2.62 bits per heavy atom. The number of aromatic amines is 1. The van der Waals surface area contributed by atoms with E-state index in [1.807, 2.05) is 36.1 Å². The molecule has 1 aliphatic rings. The molecule has 0 spiro atoms. The number of hydrogen-bond acceptors (Lipinski definition) is 2. The minimum Gasteiger partial charge on any atom is -0.331 e. The SMILES string of the molecule is CCC1(c2ccccc2)CN(C(=O)NC(C)c2cc[nH]c(=O)c2)C1. The highest BCUT2D eigenvalue weighted by Gasteiger charge is 2.45. The predicted molar refractivity (Wildman–Crippen MR) is 94.0 cm³/mol. The molecule has 1 aliphatic heterocycles. The summed E-state index contributed by atoms with van der Waals surface area (Å²) >= 11 is 0. The van der Waals surface area contributed by atoms with Crippen molar-refractivity contribution in [3.05, 3.63) is 70.1 Å². The molecule has 1 aromatic carbocycles. The van der Waals surface area contributed by atoms with Crippen LogP contribution < -0.4 is 10.9 Å². The topological polar surface area (TPSA) is 65.2 Å². The molecule has 0 saturated carbocycles. The summed E-state index contributed by atoms with van der Waals surface area (Å²) in [6, 6.07) is 13.4. The molecule has 2 aromatic rings. The molecule has 1 aromatic heterocycles. The zero-order chi connectivity index (χ0) is 17.2. The maximum Gasteiger partial charge on any atom is 0.317 e. The molecule has 2 amide bonds. The third-order valence-corrected chi connectivity index (χ3v) is 4.98. The highest BCUT2D eigenvalue weighted by atomic mass is 16.2. The molecule has 2 N–H and O–H groups in total. The maximum atomic E-state index is 12.5. The molecule has 0 aliphatic carbocycles. The van der Waals surface area contributed by atoms with Crippen LogP contribution in [-0.4, -0.2) is 29.0 Å². The maximum absolute atomic E-state index is 12.5. The van der Waals surface area contributed by atoms with Gasteiger partial charge in [0, 0.05) is 30.8 Å². The van der Waals surface area contributed by atoms with Gasteiger partial charge in [0.05, 0.1) is 6.04 Å². The summed E-state index contributed by atoms with van der Waals surface area (Å²) in [4.78, 5) is 28.3. The Morgan fingerprint density at radius 1 is 1.29 bits per heavy atom. The van der Waals surface area contributed by atoms with Crippen molar-refractivity contribution in [2.45, 2.75) is 31.7 Å². The predicted octanol–water partition coefficient (Wildman–Crippen LogP) is 2.81. The van der Waals surface area contributed by atoms with E-state index in [0.717, 1.165) is 25.1 Å². The van der Waals surface area contributed by atoms with E-state index in [-0.39, 0.29) is 23.0 Å². The Hall–Kier alpha value is -2.56. The highest BCUT2D eigenvalue weighted by molar-refractivity contribution is 5.76. The molecular formula is C19H23N3O2. The first kappa shape index (κ1) is 16.3. The molecule has 5 heteroatoms. The number of amides is 2. The van der Waals surface area contributed by atoms with Crippen molar-refractivity contribution in [1.82, 2.24) is 15.2 Å². The molecule has 3 rings (SSSR count). The van der Waals surface area contributed by atoms with Crippen LogP contribution >= 0.6 is 0 Å². The molecule has 0 bridgehead atoms. The average molecular weight is 325 g/mol. The summed E-state index contributed by atoms with van der Waals surface area (Å²) in [5.41, 5.74) is 1.99. The Bertz CT molecular complexity index is 763. The van der Waals surface area contributed by atoms with Gasteiger partial charge in [0.2, 0.25) is 5.56 Å². The molecule has 1 unspecified atom stereocenters. The van der Waals surface area contributed by atoms with E-state index < -0.39 is 0 Å². The molecule has 5 nitrogen and oxygen atoms in total. The molecule has 0 radical (unpaired) electrons. The Morgan fingerprint density at radius 2 is 2.00 bits per heavy atom. The lowest BCUT2D eigenvalue weighted by molar-refractivity contribution is 0.0870. The van der Waals surface area contributed by atoms with Gasteiger partial charge in [0.1, 0.15) is 0 Å². The van der Waals surface area contributed by atoms with E-state index in [2.05, 4.69) is 29.4 Å². The number of nitrogens with one attached hydrogen (secondary N) is 2. The first-order valence-corrected chi connectivity index (χ1v) is 8.34. The highest BCUT2D eigenvalue weighted by Crippen LogP contribution is 2.37. The van der Waals surface area contributed by atoms with Crippen LogP contribution in [0.4, 0.5) is 4.79 Å². The number of hydrogen-bond donors (Lipinski definition) is 2. The second kappa shape index (κ2) is 6.51. The fraction of sp³-hybridized carbons (Fsp3) is 0.368. The van der Waals surface area contributed by atoms with Gasteiger partial charge in [-0.3, -0.25) is 4.79 Å². The lowest BCUT2D eigenvalue weighted by Gasteiger charge is -2.50. The molecule has 2 heterocycles. The fourth-order valence-corrected chi connectivity index (χ4v) is 3.32. The summed E-state index contributed by atoms with van der Waals surface area (Å²) in [7, 11) is 0. The summed E-state index contributed by atoms with van der Waals surface area (Å²) in [6.07, 6.45) is 2.60. The van der Waals surface area contributed by atoms with E-state index in [0.29, 0.717) is 0 Å². The number of aromatic nitrogens is 1. The second-order valence-electron chi connectivity index (χ2n) is 6.51. The normalized spacial score (nSPS) is 17.0. The van der Waals surface area contributed by atoms with E-state index in [1.54, 1.807) is 6.20 Å². The van der Waals surface area contributed by atoms with Crippen LogP contribution in [0.25, 0.3) is 0 Å². The third kappa shape index (κ3) is 3.07. The van der Waals surface area contributed by atoms with Gasteiger partial charge in [-0.1, -0.05) is 37.3 Å². The van der Waals surface area contributed by atoms with Crippen LogP contribution in [0.3, 0.4) is 0 Å². The summed E-state index contributed by atoms with van der Waals surface area (Å²) in [6.45, 7) is 5.50. The number of likely N-dealkylation sites (tertiary alicyclic amines) is 1. The van der Waals surface area contributed by atoms with Gasteiger partial charge in [-0.2, -0.15) is 0 Å². The number of pyridine rings is 1. The second-order valence-corrected chi connectivity index (χ2v) is 6.51. The van der Waals surface area contributed by atoms with Gasteiger partial charge < -0.3 is 15.2 Å². The first-order chi connectivity index (χ1) is 11.5. The summed E-state index contributed by atoms with van der Waals surface area (Å²) in [5, 5.41) is 2.97. The van der Waals surface area contributed by atoms with Gasteiger partial charge >= 0.3 is 6.03 Å². The number of benzene rings is 1. The Balaban J connectivity index is 1.63. The van der Waals surface area contributed by atoms with Crippen molar-refractivity contribution >= 4 is 6.03 Å². The molecule has 1 atom stereocenters. The Kier molecular flexibility index (Phi) is 4.42. The van der Waals surface area contributed by atoms with Gasteiger partial charge in [-0.15, -0.1) is 0 Å². The summed E-state index contributed by atoms with van der Waals surface area (Å²) in [5.74, 6) is 0. The van der Waals surface area contributed by atoms with Crippen molar-refractivity contribution < 1.29 is 4.79 Å². The molecular weight excluding hydrogens is 302 g/mol. The minimum absolute atomic E-state index is 0.0612. The standard InChI is InChI=1S/C19H23N3O2/c1-3-19(16-7-5-4-6-8-16)12-22(13-19)18(24)21-14(2)15-9-10-20-17(23)11-15/h4-11,14H,3,12-13H2,1-2H3,(H,20,23)(H,21,24). The number of carbonyl (C=O) groups is 1. The van der Waals surface area contributed by atoms with E-state index >= 15 is 0 Å². The Labute approximate surface area is 141 Å². The van der Waals surface area contributed by atoms with Crippen molar-refractivity contribution in [2.75, 3.05) is 13.1 Å². The zero-order valence-corrected chi connectivity index (χ0v) is 14.1. The van der Waals surface area contributed by atoms with Crippen molar-refractivity contribution in [3.8, 4) is 0 Å². The van der Waals surface area contributed by atoms with Crippen LogP contribution in [0.15, 0.2) is 53.5 Å². The first-order valence-electron chi connectivity index (χ1n) is 8.34. The van der Waals surface area contributed by atoms with E-state index in [9.17, 15) is 9.59 Å². The lowest BCUT2D eigenvalue weighted by atomic mass is 9.72. The number of nitrogens with zero attached hydrogens (tertiary/aromatic N) is 1. The fourth-order valence-electron chi connectivity index (χ4n) is 3.32. The van der Waals surface area contributed by atoms with Gasteiger partial charge in [-0.05, 0) is 30.5 Å². The molecule has 1 fully saturated rings. The quantitative estimate of drug-likeness (QED) is 0.908. The molecule has 126 valence electrons. The number of urea groups is 1. The van der Waals surface area contributed by atoms with E-state index in [1.165, 1.54) is 11.6 Å². The van der Waals surface area contributed by atoms with Crippen LogP contribution in [-0.2, 0) is 5.41 Å². The zero-order valence-electron chi connectivity index (χ0n) is 14.1. The minimum atomic E-state index is -0.201. The van der Waals surface area contributed by atoms with Crippen LogP contribution in [0, 0.1) is 0 Å². The van der Waals surface area contributed by atoms with Gasteiger partial charge in [0.25, 0.3) is 0 Å². The third-order valence-electron chi connectivity index (χ3n) is 4.98. The van der Waals surface area contributed by atoms with Crippen molar-refractivity contribution in [1.29, 1.82) is 0 Å². The number of H-pyrrole nitrogens is 1. The molecule has 1 saturated heterocycles. The van der Waals surface area contributed by atoms with Crippen LogP contribution in [0.1, 0.15) is 37.4 Å². The smallest absolute Gasteiger partial charge is 0.317 e. The average Bonchev–Trinajstić information content (AvgIpc) is 2.55. The van der Waals surface area contributed by atoms with Crippen LogP contribution in [0.2, 0.25) is 0 Å². The monoisotopic (exact) mass is 325 g/mol. The summed E-state index contributed by atoms with van der Waals surface area (Å²) < 4.78 is 0. The largest absolute Gasteiger partial charge is 0.331 e. The van der Waals surface area contributed by atoms with Crippen LogP contribution in [0.5, 0.6) is 0 Å².